The van der Waals surface area contributed by atoms with E-state index in [2.05, 4.69) is 43.1 Å². The molecule has 0 unspecified atom stereocenters. The minimum absolute atomic E-state index is 0.415. The van der Waals surface area contributed by atoms with E-state index in [-0.39, 0.29) is 0 Å². The summed E-state index contributed by atoms with van der Waals surface area (Å²) in [6.07, 6.45) is 1.86. The van der Waals surface area contributed by atoms with E-state index in [4.69, 9.17) is 4.74 Å². The Kier molecular flexibility index (Phi) is 5.77. The Morgan fingerprint density at radius 3 is 2.61 bits per heavy atom. The van der Waals surface area contributed by atoms with Crippen LogP contribution < -0.4 is 4.74 Å². The number of ether oxygens (including phenoxy) is 1. The largest absolute Gasteiger partial charge is 0.445 e. The second kappa shape index (κ2) is 7.59. The van der Waals surface area contributed by atoms with Crippen LogP contribution in [0.5, 0.6) is 10.8 Å². The number of aromatic nitrogens is 1. The third kappa shape index (κ3) is 4.55. The van der Waals surface area contributed by atoms with E-state index >= 15 is 0 Å². The van der Waals surface area contributed by atoms with E-state index < -0.39 is 0 Å². The van der Waals surface area contributed by atoms with Gasteiger partial charge in [-0.3, -0.25) is 0 Å². The van der Waals surface area contributed by atoms with Crippen LogP contribution in [0.15, 0.2) is 23.2 Å². The monoisotopic (exact) mass is 331 g/mol. The molecule has 0 aliphatic carbocycles. The molecule has 0 spiro atoms. The molecule has 0 aliphatic rings. The van der Waals surface area contributed by atoms with Crippen LogP contribution in [0.25, 0.3) is 0 Å². The van der Waals surface area contributed by atoms with Crippen molar-refractivity contribution in [2.24, 2.45) is 4.99 Å². The van der Waals surface area contributed by atoms with Crippen molar-refractivity contribution < 1.29 is 4.74 Å². The normalized spacial score (nSPS) is 11.4. The van der Waals surface area contributed by atoms with Crippen LogP contribution in [-0.4, -0.2) is 29.2 Å². The Morgan fingerprint density at radius 2 is 2.00 bits per heavy atom. The molecule has 0 radical (unpaired) electrons. The van der Waals surface area contributed by atoms with Crippen LogP contribution in [0.1, 0.15) is 43.5 Å². The van der Waals surface area contributed by atoms with E-state index in [9.17, 15) is 0 Å². The molecule has 0 aliphatic heterocycles. The molecule has 2 rings (SSSR count). The summed E-state index contributed by atoms with van der Waals surface area (Å²) in [4.78, 5) is 6.59. The fourth-order valence-electron chi connectivity index (χ4n) is 1.97. The molecule has 1 aromatic carbocycles. The fraction of sp³-hybridized carbons (Fsp3) is 0.444. The summed E-state index contributed by atoms with van der Waals surface area (Å²) in [6, 6.07) is 6.13. The molecule has 0 bridgehead atoms. The van der Waals surface area contributed by atoms with Gasteiger partial charge in [-0.1, -0.05) is 13.8 Å². The Balaban J connectivity index is 2.20. The first-order chi connectivity index (χ1) is 10.9. The van der Waals surface area contributed by atoms with Crippen LogP contribution in [-0.2, 0) is 0 Å². The van der Waals surface area contributed by atoms with Gasteiger partial charge in [0.2, 0.25) is 0 Å². The van der Waals surface area contributed by atoms with Crippen molar-refractivity contribution in [3.63, 3.8) is 0 Å². The Bertz CT molecular complexity index is 692. The number of aliphatic imine (C=N–C) groups is 1. The maximum Gasteiger partial charge on any atom is 0.200 e. The van der Waals surface area contributed by atoms with Crippen LogP contribution >= 0.6 is 11.5 Å². The number of rotatable bonds is 6. The first-order valence-corrected chi connectivity index (χ1v) is 8.68. The number of nitrogens with zero attached hydrogens (tertiary/aromatic N) is 3. The molecule has 5 heteroatoms. The molecule has 4 nitrogen and oxygen atoms in total. The molecular formula is C18H25N3OS. The van der Waals surface area contributed by atoms with Crippen LogP contribution in [0.2, 0.25) is 0 Å². The minimum Gasteiger partial charge on any atom is -0.445 e. The zero-order valence-corrected chi connectivity index (χ0v) is 15.6. The molecule has 0 N–H and O–H groups in total. The van der Waals surface area contributed by atoms with Gasteiger partial charge >= 0.3 is 0 Å². The summed E-state index contributed by atoms with van der Waals surface area (Å²) in [5, 5.41) is 0.832. The van der Waals surface area contributed by atoms with Gasteiger partial charge in [0.1, 0.15) is 5.75 Å². The average Bonchev–Trinajstić information content (AvgIpc) is 2.97. The molecule has 0 fully saturated rings. The highest BCUT2D eigenvalue weighted by Crippen LogP contribution is 2.34. The van der Waals surface area contributed by atoms with Gasteiger partial charge in [0.15, 0.2) is 5.06 Å². The van der Waals surface area contributed by atoms with E-state index in [0.29, 0.717) is 5.92 Å². The standard InChI is InChI=1S/C18H25N3OS/c1-7-21(6)11-19-16-8-14(5)17(9-13(16)4)22-18-10-15(12(2)3)20-23-18/h8-12H,7H2,1-6H3/b19-11-. The van der Waals surface area contributed by atoms with Crippen molar-refractivity contribution in [3.8, 4) is 10.8 Å². The number of hydrogen-bond acceptors (Lipinski definition) is 4. The van der Waals surface area contributed by atoms with Crippen LogP contribution in [0.3, 0.4) is 0 Å². The summed E-state index contributed by atoms with van der Waals surface area (Å²) in [5.74, 6) is 1.28. The van der Waals surface area contributed by atoms with Crippen molar-refractivity contribution in [1.82, 2.24) is 9.27 Å². The predicted molar refractivity (Wildman–Crippen MR) is 98.6 cm³/mol. The number of benzene rings is 1. The second-order valence-corrected chi connectivity index (χ2v) is 6.82. The van der Waals surface area contributed by atoms with Crippen LogP contribution in [0.4, 0.5) is 5.69 Å². The maximum absolute atomic E-state index is 6.02. The summed E-state index contributed by atoms with van der Waals surface area (Å²) < 4.78 is 10.4. The van der Waals surface area contributed by atoms with Crippen molar-refractivity contribution in [1.29, 1.82) is 0 Å². The lowest BCUT2D eigenvalue weighted by molar-refractivity contribution is 0.491. The van der Waals surface area contributed by atoms with Gasteiger partial charge in [-0.2, -0.15) is 4.37 Å². The van der Waals surface area contributed by atoms with Gasteiger partial charge in [-0.05, 0) is 49.9 Å². The Hall–Kier alpha value is -1.88. The molecule has 2 aromatic rings. The van der Waals surface area contributed by atoms with E-state index in [0.717, 1.165) is 39.9 Å². The topological polar surface area (TPSA) is 37.7 Å². The maximum atomic E-state index is 6.02. The molecule has 0 saturated carbocycles. The molecule has 0 atom stereocenters. The van der Waals surface area contributed by atoms with Gasteiger partial charge in [-0.15, -0.1) is 0 Å². The number of hydrogen-bond donors (Lipinski definition) is 0. The van der Waals surface area contributed by atoms with Crippen molar-refractivity contribution >= 4 is 23.6 Å². The highest BCUT2D eigenvalue weighted by molar-refractivity contribution is 7.07. The van der Waals surface area contributed by atoms with Gasteiger partial charge in [-0.25, -0.2) is 4.99 Å². The first kappa shape index (κ1) is 17.5. The average molecular weight is 331 g/mol. The third-order valence-electron chi connectivity index (χ3n) is 3.70. The Labute approximate surface area is 143 Å². The first-order valence-electron chi connectivity index (χ1n) is 7.90. The predicted octanol–water partition coefficient (Wildman–Crippen LogP) is 5.29. The molecule has 0 saturated heterocycles. The van der Waals surface area contributed by atoms with Crippen molar-refractivity contribution in [2.75, 3.05) is 13.6 Å². The van der Waals surface area contributed by atoms with E-state index in [1.165, 1.54) is 11.5 Å². The zero-order chi connectivity index (χ0) is 17.0. The summed E-state index contributed by atoms with van der Waals surface area (Å²) in [7, 11) is 2.01. The van der Waals surface area contributed by atoms with Crippen molar-refractivity contribution in [3.05, 3.63) is 35.0 Å². The highest BCUT2D eigenvalue weighted by Gasteiger charge is 2.10. The SMILES string of the molecule is CCN(C)/C=N\c1cc(C)c(Oc2cc(C(C)C)ns2)cc1C. The lowest BCUT2D eigenvalue weighted by Crippen LogP contribution is -2.14. The van der Waals surface area contributed by atoms with Gasteiger partial charge in [0.05, 0.1) is 17.7 Å². The van der Waals surface area contributed by atoms with Gasteiger partial charge in [0, 0.05) is 31.2 Å². The molecule has 124 valence electrons. The quantitative estimate of drug-likeness (QED) is 0.533. The Morgan fingerprint density at radius 1 is 1.26 bits per heavy atom. The van der Waals surface area contributed by atoms with E-state index in [1.807, 2.05) is 37.3 Å². The molecule has 1 aromatic heterocycles. The molecule has 1 heterocycles. The summed E-state index contributed by atoms with van der Waals surface area (Å²) >= 11 is 1.40. The second-order valence-electron chi connectivity index (χ2n) is 6.05. The molecule has 23 heavy (non-hydrogen) atoms. The van der Waals surface area contributed by atoms with Crippen LogP contribution in [0, 0.1) is 13.8 Å². The smallest absolute Gasteiger partial charge is 0.200 e. The third-order valence-corrected chi connectivity index (χ3v) is 4.38. The molecular weight excluding hydrogens is 306 g/mol. The fourth-order valence-corrected chi connectivity index (χ4v) is 2.73. The summed E-state index contributed by atoms with van der Waals surface area (Å²) in [6.45, 7) is 11.4. The minimum atomic E-state index is 0.415. The van der Waals surface area contributed by atoms with Gasteiger partial charge in [0.25, 0.3) is 0 Å². The highest BCUT2D eigenvalue weighted by atomic mass is 32.1. The van der Waals surface area contributed by atoms with Crippen molar-refractivity contribution in [2.45, 2.75) is 40.5 Å². The molecule has 0 amide bonds. The van der Waals surface area contributed by atoms with Gasteiger partial charge < -0.3 is 9.64 Å². The lowest BCUT2D eigenvalue weighted by Gasteiger charge is -2.11. The number of aryl methyl sites for hydroxylation is 2. The lowest BCUT2D eigenvalue weighted by atomic mass is 10.1. The van der Waals surface area contributed by atoms with E-state index in [1.54, 1.807) is 0 Å². The zero-order valence-electron chi connectivity index (χ0n) is 14.8. The summed E-state index contributed by atoms with van der Waals surface area (Å²) in [5.41, 5.74) is 4.21.